The molecule has 12 heteroatoms. The fourth-order valence-corrected chi connectivity index (χ4v) is 4.05. The highest BCUT2D eigenvalue weighted by Gasteiger charge is 2.41. The van der Waals surface area contributed by atoms with Gasteiger partial charge in [0.2, 0.25) is 0 Å². The van der Waals surface area contributed by atoms with E-state index in [1.54, 1.807) is 0 Å². The Morgan fingerprint density at radius 1 is 1.11 bits per heavy atom. The van der Waals surface area contributed by atoms with Gasteiger partial charge in [-0.3, -0.25) is 4.79 Å². The molecule has 9 nitrogen and oxygen atoms in total. The van der Waals surface area contributed by atoms with Crippen LogP contribution in [0.3, 0.4) is 0 Å². The summed E-state index contributed by atoms with van der Waals surface area (Å²) in [5, 5.41) is 15.0. The van der Waals surface area contributed by atoms with Crippen LogP contribution in [0.4, 0.5) is 13.2 Å². The summed E-state index contributed by atoms with van der Waals surface area (Å²) in [5.74, 6) is 0.332. The van der Waals surface area contributed by atoms with E-state index in [2.05, 4.69) is 25.2 Å². The highest BCUT2D eigenvalue weighted by atomic mass is 19.4. The average Bonchev–Trinajstić information content (AvgIpc) is 3.37. The number of ether oxygens (including phenoxy) is 1. The predicted octanol–water partition coefficient (Wildman–Crippen LogP) is 3.36. The van der Waals surface area contributed by atoms with Crippen LogP contribution in [0.15, 0.2) is 30.5 Å². The molecule has 0 saturated carbocycles. The molecule has 4 rings (SSSR count). The van der Waals surface area contributed by atoms with Gasteiger partial charge in [0.05, 0.1) is 18.5 Å². The molecule has 3 aromatic rings. The number of esters is 1. The number of rotatable bonds is 7. The number of hydrogen-bond donors (Lipinski definition) is 1. The quantitative estimate of drug-likeness (QED) is 0.510. The molecule has 0 unspecified atom stereocenters. The Hall–Kier alpha value is -3.70. The highest BCUT2D eigenvalue weighted by Crippen LogP contribution is 2.34. The van der Waals surface area contributed by atoms with Crippen LogP contribution < -0.4 is 5.32 Å². The van der Waals surface area contributed by atoms with Crippen molar-refractivity contribution in [3.63, 3.8) is 0 Å². The van der Waals surface area contributed by atoms with Crippen LogP contribution in [0, 0.1) is 0 Å². The number of nitrogens with zero attached hydrogens (tertiary/aromatic N) is 5. The number of benzene rings is 1. The normalized spacial score (nSPS) is 13.7. The van der Waals surface area contributed by atoms with Gasteiger partial charge >= 0.3 is 12.1 Å². The fourth-order valence-electron chi connectivity index (χ4n) is 4.05. The largest absolute Gasteiger partial charge is 0.462 e. The maximum atomic E-state index is 13.7. The van der Waals surface area contributed by atoms with Crippen LogP contribution in [-0.4, -0.2) is 49.6 Å². The Labute approximate surface area is 199 Å². The summed E-state index contributed by atoms with van der Waals surface area (Å²) in [7, 11) is 0. The second-order valence-electron chi connectivity index (χ2n) is 8.08. The number of amides is 1. The van der Waals surface area contributed by atoms with Crippen molar-refractivity contribution < 1.29 is 27.5 Å². The first-order valence-corrected chi connectivity index (χ1v) is 11.4. The molecule has 0 aliphatic carbocycles. The summed E-state index contributed by atoms with van der Waals surface area (Å²) in [5.41, 5.74) is -1.58. The number of carbonyl (C=O) groups is 2. The Kier molecular flexibility index (Phi) is 7.17. The van der Waals surface area contributed by atoms with Crippen molar-refractivity contribution in [1.29, 1.82) is 0 Å². The zero-order valence-corrected chi connectivity index (χ0v) is 19.1. The van der Waals surface area contributed by atoms with Gasteiger partial charge in [0.15, 0.2) is 5.69 Å². The second kappa shape index (κ2) is 10.3. The first-order chi connectivity index (χ1) is 16.8. The molecule has 1 amide bonds. The van der Waals surface area contributed by atoms with E-state index < -0.39 is 23.4 Å². The van der Waals surface area contributed by atoms with E-state index in [0.717, 1.165) is 50.1 Å². The third kappa shape index (κ3) is 5.36. The van der Waals surface area contributed by atoms with E-state index in [4.69, 9.17) is 4.74 Å². The summed E-state index contributed by atoms with van der Waals surface area (Å²) in [6.45, 7) is 2.66. The van der Waals surface area contributed by atoms with Crippen molar-refractivity contribution in [1.82, 2.24) is 29.9 Å². The van der Waals surface area contributed by atoms with Crippen molar-refractivity contribution in [2.75, 3.05) is 13.2 Å². The molecule has 2 aromatic heterocycles. The number of hydrogen-bond acceptors (Lipinski definition) is 6. The average molecular weight is 490 g/mol. The van der Waals surface area contributed by atoms with Gasteiger partial charge in [-0.1, -0.05) is 6.42 Å². The summed E-state index contributed by atoms with van der Waals surface area (Å²) < 4.78 is 48.5. The fraction of sp³-hybridized carbons (Fsp3) is 0.435. The van der Waals surface area contributed by atoms with Crippen molar-refractivity contribution in [3.05, 3.63) is 58.9 Å². The summed E-state index contributed by atoms with van der Waals surface area (Å²) in [6.07, 6.45) is 0.737. The number of halogens is 3. The van der Waals surface area contributed by atoms with Gasteiger partial charge in [-0.05, 0) is 44.0 Å². The van der Waals surface area contributed by atoms with Gasteiger partial charge in [0.1, 0.15) is 17.2 Å². The molecule has 0 radical (unpaired) electrons. The van der Waals surface area contributed by atoms with E-state index in [0.29, 0.717) is 17.6 Å². The summed E-state index contributed by atoms with van der Waals surface area (Å²) >= 11 is 0. The van der Waals surface area contributed by atoms with Crippen LogP contribution in [0.1, 0.15) is 64.2 Å². The lowest BCUT2D eigenvalue weighted by molar-refractivity contribution is -0.143. The molecule has 0 fully saturated rings. The van der Waals surface area contributed by atoms with Gasteiger partial charge in [0.25, 0.3) is 5.91 Å². The first-order valence-electron chi connectivity index (χ1n) is 11.4. The van der Waals surface area contributed by atoms with E-state index in [-0.39, 0.29) is 23.8 Å². The second-order valence-corrected chi connectivity index (χ2v) is 8.08. The smallest absolute Gasteiger partial charge is 0.434 e. The van der Waals surface area contributed by atoms with Crippen molar-refractivity contribution in [2.45, 2.75) is 51.7 Å². The molecule has 186 valence electrons. The third-order valence-corrected chi connectivity index (χ3v) is 5.73. The minimum Gasteiger partial charge on any atom is -0.462 e. The Morgan fingerprint density at radius 3 is 2.60 bits per heavy atom. The van der Waals surface area contributed by atoms with Gasteiger partial charge in [-0.2, -0.15) is 18.3 Å². The van der Waals surface area contributed by atoms with Crippen LogP contribution in [0.25, 0.3) is 5.69 Å². The SMILES string of the molecule is CCOC(=O)c1cnn(-c2ccc(C(=O)NCCc3nnc4n3CCCCC4)cc2)c1C(F)(F)F. The molecule has 35 heavy (non-hydrogen) atoms. The number of nitrogens with one attached hydrogen (secondary N) is 1. The number of aryl methyl sites for hydroxylation is 1. The Morgan fingerprint density at radius 2 is 1.89 bits per heavy atom. The zero-order chi connectivity index (χ0) is 25.0. The molecule has 1 aromatic carbocycles. The van der Waals surface area contributed by atoms with Crippen molar-refractivity contribution in [2.24, 2.45) is 0 Å². The number of fused-ring (bicyclic) bond motifs is 1. The zero-order valence-electron chi connectivity index (χ0n) is 19.1. The maximum Gasteiger partial charge on any atom is 0.434 e. The summed E-state index contributed by atoms with van der Waals surface area (Å²) in [4.78, 5) is 24.5. The summed E-state index contributed by atoms with van der Waals surface area (Å²) in [6, 6.07) is 5.48. The van der Waals surface area contributed by atoms with Crippen molar-refractivity contribution in [3.8, 4) is 5.69 Å². The molecular weight excluding hydrogens is 465 g/mol. The molecule has 3 heterocycles. The lowest BCUT2D eigenvalue weighted by Crippen LogP contribution is -2.26. The number of aromatic nitrogens is 5. The van der Waals surface area contributed by atoms with Crippen LogP contribution in [0.5, 0.6) is 0 Å². The van der Waals surface area contributed by atoms with Crippen LogP contribution in [0.2, 0.25) is 0 Å². The molecule has 1 N–H and O–H groups in total. The van der Waals surface area contributed by atoms with E-state index in [1.165, 1.54) is 31.2 Å². The van der Waals surface area contributed by atoms with Gasteiger partial charge in [-0.25, -0.2) is 9.48 Å². The molecule has 1 aliphatic heterocycles. The van der Waals surface area contributed by atoms with Crippen LogP contribution in [-0.2, 0) is 30.3 Å². The van der Waals surface area contributed by atoms with Crippen molar-refractivity contribution >= 4 is 11.9 Å². The molecule has 0 spiro atoms. The topological polar surface area (TPSA) is 104 Å². The molecule has 0 saturated heterocycles. The molecule has 0 atom stereocenters. The molecule has 0 bridgehead atoms. The van der Waals surface area contributed by atoms with E-state index in [9.17, 15) is 22.8 Å². The highest BCUT2D eigenvalue weighted by molar-refractivity contribution is 5.94. The van der Waals surface area contributed by atoms with Gasteiger partial charge in [0, 0.05) is 31.5 Å². The standard InChI is InChI=1S/C23H25F3N6O3/c1-2-35-22(34)17-14-28-32(20(17)23(24,25)26)16-9-7-15(8-10-16)21(33)27-12-11-19-30-29-18-6-4-3-5-13-31(18)19/h7-10,14H,2-6,11-13H2,1H3,(H,27,33). The minimum atomic E-state index is -4.84. The third-order valence-electron chi connectivity index (χ3n) is 5.73. The van der Waals surface area contributed by atoms with Crippen LogP contribution >= 0.6 is 0 Å². The first kappa shape index (κ1) is 24.4. The number of carbonyl (C=O) groups excluding carboxylic acids is 2. The predicted molar refractivity (Wildman–Crippen MR) is 118 cm³/mol. The molecule has 1 aliphatic rings. The Balaban J connectivity index is 1.43. The molecular formula is C23H25F3N6O3. The monoisotopic (exact) mass is 490 g/mol. The minimum absolute atomic E-state index is 0.0515. The lowest BCUT2D eigenvalue weighted by atomic mass is 10.1. The number of alkyl halides is 3. The van der Waals surface area contributed by atoms with E-state index >= 15 is 0 Å². The van der Waals surface area contributed by atoms with Gasteiger partial charge < -0.3 is 14.6 Å². The van der Waals surface area contributed by atoms with Gasteiger partial charge in [-0.15, -0.1) is 10.2 Å². The lowest BCUT2D eigenvalue weighted by Gasteiger charge is -2.13. The maximum absolute atomic E-state index is 13.7. The Bertz CT molecular complexity index is 1200. The van der Waals surface area contributed by atoms with E-state index in [1.807, 2.05) is 0 Å².